The molecule has 0 bridgehead atoms. The summed E-state index contributed by atoms with van der Waals surface area (Å²) in [6.45, 7) is 4.41. The number of carboxylic acids is 1. The Hall–Kier alpha value is -1.43. The van der Waals surface area contributed by atoms with Crippen molar-refractivity contribution in [1.29, 1.82) is 0 Å². The summed E-state index contributed by atoms with van der Waals surface area (Å²) in [5, 5.41) is 9.09. The Morgan fingerprint density at radius 3 is 2.37 bits per heavy atom. The van der Waals surface area contributed by atoms with Gasteiger partial charge in [0, 0.05) is 39.3 Å². The first kappa shape index (κ1) is 14.0. The number of rotatable bonds is 5. The van der Waals surface area contributed by atoms with E-state index in [0.717, 1.165) is 32.7 Å². The van der Waals surface area contributed by atoms with Gasteiger partial charge in [-0.05, 0) is 5.56 Å². The number of nitrogens with two attached hydrogens (primary N) is 1. The standard InChI is InChI=1S/C14H21N3O2/c15-10-13(14(18)19)17-8-6-16(7-9-17)11-12-4-2-1-3-5-12/h1-5,13H,6-11,15H2,(H,18,19). The van der Waals surface area contributed by atoms with Gasteiger partial charge in [-0.3, -0.25) is 14.6 Å². The molecule has 3 N–H and O–H groups in total. The van der Waals surface area contributed by atoms with Gasteiger partial charge in [0.05, 0.1) is 0 Å². The SMILES string of the molecule is NCC(C(=O)O)N1CCN(Cc2ccccc2)CC1. The molecule has 1 aliphatic rings. The Morgan fingerprint density at radius 1 is 1.21 bits per heavy atom. The van der Waals surface area contributed by atoms with Crippen LogP contribution in [0.4, 0.5) is 0 Å². The first-order chi connectivity index (χ1) is 9.20. The van der Waals surface area contributed by atoms with Gasteiger partial charge in [-0.1, -0.05) is 30.3 Å². The van der Waals surface area contributed by atoms with E-state index in [4.69, 9.17) is 10.8 Å². The highest BCUT2D eigenvalue weighted by Crippen LogP contribution is 2.10. The van der Waals surface area contributed by atoms with Crippen molar-refractivity contribution < 1.29 is 9.90 Å². The van der Waals surface area contributed by atoms with Crippen molar-refractivity contribution >= 4 is 5.97 Å². The molecule has 104 valence electrons. The summed E-state index contributed by atoms with van der Waals surface area (Å²) >= 11 is 0. The first-order valence-electron chi connectivity index (χ1n) is 6.64. The maximum atomic E-state index is 11.1. The number of piperazine rings is 1. The second-order valence-corrected chi connectivity index (χ2v) is 4.89. The third-order valence-corrected chi connectivity index (χ3v) is 3.60. The number of carbonyl (C=O) groups is 1. The van der Waals surface area contributed by atoms with Gasteiger partial charge >= 0.3 is 5.97 Å². The molecular formula is C14H21N3O2. The summed E-state index contributed by atoms with van der Waals surface area (Å²) in [6, 6.07) is 9.79. The molecule has 5 nitrogen and oxygen atoms in total. The molecule has 0 spiro atoms. The highest BCUT2D eigenvalue weighted by atomic mass is 16.4. The molecule has 0 saturated carbocycles. The lowest BCUT2D eigenvalue weighted by atomic mass is 10.1. The fourth-order valence-electron chi connectivity index (χ4n) is 2.48. The van der Waals surface area contributed by atoms with E-state index in [0.29, 0.717) is 0 Å². The van der Waals surface area contributed by atoms with E-state index in [2.05, 4.69) is 17.0 Å². The Labute approximate surface area is 113 Å². The second kappa shape index (κ2) is 6.65. The summed E-state index contributed by atoms with van der Waals surface area (Å²) in [5.74, 6) is -0.820. The van der Waals surface area contributed by atoms with Crippen LogP contribution in [0.2, 0.25) is 0 Å². The van der Waals surface area contributed by atoms with Crippen LogP contribution in [0.1, 0.15) is 5.56 Å². The van der Waals surface area contributed by atoms with Crippen molar-refractivity contribution in [3.63, 3.8) is 0 Å². The molecular weight excluding hydrogens is 242 g/mol. The minimum absolute atomic E-state index is 0.175. The van der Waals surface area contributed by atoms with Crippen LogP contribution in [-0.4, -0.2) is 59.6 Å². The average Bonchev–Trinajstić information content (AvgIpc) is 2.42. The van der Waals surface area contributed by atoms with Gasteiger partial charge in [0.15, 0.2) is 0 Å². The third-order valence-electron chi connectivity index (χ3n) is 3.60. The highest BCUT2D eigenvalue weighted by molar-refractivity contribution is 5.73. The van der Waals surface area contributed by atoms with E-state index in [1.807, 2.05) is 23.1 Å². The molecule has 1 saturated heterocycles. The van der Waals surface area contributed by atoms with E-state index in [-0.39, 0.29) is 6.54 Å². The third kappa shape index (κ3) is 3.76. The Balaban J connectivity index is 1.84. The normalized spacial score (nSPS) is 19.2. The van der Waals surface area contributed by atoms with E-state index in [1.165, 1.54) is 5.56 Å². The maximum Gasteiger partial charge on any atom is 0.322 e. The summed E-state index contributed by atoms with van der Waals surface area (Å²) in [7, 11) is 0. The zero-order valence-corrected chi connectivity index (χ0v) is 11.0. The molecule has 0 aliphatic carbocycles. The molecule has 0 amide bonds. The van der Waals surface area contributed by atoms with Crippen molar-refractivity contribution in [2.75, 3.05) is 32.7 Å². The van der Waals surface area contributed by atoms with Crippen LogP contribution in [0.15, 0.2) is 30.3 Å². The van der Waals surface area contributed by atoms with Gasteiger partial charge in [-0.2, -0.15) is 0 Å². The molecule has 1 fully saturated rings. The molecule has 19 heavy (non-hydrogen) atoms. The minimum Gasteiger partial charge on any atom is -0.480 e. The lowest BCUT2D eigenvalue weighted by molar-refractivity contribution is -0.143. The summed E-state index contributed by atoms with van der Waals surface area (Å²) in [4.78, 5) is 15.4. The second-order valence-electron chi connectivity index (χ2n) is 4.89. The predicted octanol–water partition coefficient (Wildman–Crippen LogP) is 0.216. The quantitative estimate of drug-likeness (QED) is 0.795. The number of aliphatic carboxylic acids is 1. The average molecular weight is 263 g/mol. The van der Waals surface area contributed by atoms with Crippen LogP contribution in [0.3, 0.4) is 0 Å². The molecule has 1 atom stereocenters. The van der Waals surface area contributed by atoms with Gasteiger partial charge in [-0.15, -0.1) is 0 Å². The van der Waals surface area contributed by atoms with Crippen LogP contribution in [0.25, 0.3) is 0 Å². The molecule has 1 aromatic carbocycles. The van der Waals surface area contributed by atoms with Crippen molar-refractivity contribution in [2.45, 2.75) is 12.6 Å². The van der Waals surface area contributed by atoms with Crippen LogP contribution >= 0.6 is 0 Å². The molecule has 2 rings (SSSR count). The highest BCUT2D eigenvalue weighted by Gasteiger charge is 2.27. The Kier molecular flexibility index (Phi) is 4.90. The predicted molar refractivity (Wildman–Crippen MR) is 73.8 cm³/mol. The molecule has 1 heterocycles. The number of carboxylic acid groups (broad SMARTS) is 1. The van der Waals surface area contributed by atoms with Gasteiger partial charge in [0.25, 0.3) is 0 Å². The minimum atomic E-state index is -0.820. The Bertz CT molecular complexity index is 402. The number of nitrogens with zero attached hydrogens (tertiary/aromatic N) is 2. The topological polar surface area (TPSA) is 69.8 Å². The van der Waals surface area contributed by atoms with Gasteiger partial charge in [0.1, 0.15) is 6.04 Å². The zero-order chi connectivity index (χ0) is 13.7. The van der Waals surface area contributed by atoms with E-state index < -0.39 is 12.0 Å². The van der Waals surface area contributed by atoms with Crippen molar-refractivity contribution in [2.24, 2.45) is 5.73 Å². The largest absolute Gasteiger partial charge is 0.480 e. The van der Waals surface area contributed by atoms with Crippen LogP contribution in [0.5, 0.6) is 0 Å². The van der Waals surface area contributed by atoms with Gasteiger partial charge in [-0.25, -0.2) is 0 Å². The maximum absolute atomic E-state index is 11.1. The van der Waals surface area contributed by atoms with Gasteiger partial charge < -0.3 is 10.8 Å². The van der Waals surface area contributed by atoms with Crippen molar-refractivity contribution in [3.8, 4) is 0 Å². The first-order valence-corrected chi connectivity index (χ1v) is 6.64. The van der Waals surface area contributed by atoms with E-state index in [1.54, 1.807) is 0 Å². The monoisotopic (exact) mass is 263 g/mol. The lowest BCUT2D eigenvalue weighted by Crippen LogP contribution is -2.54. The van der Waals surface area contributed by atoms with Crippen LogP contribution < -0.4 is 5.73 Å². The Morgan fingerprint density at radius 2 is 1.84 bits per heavy atom. The van der Waals surface area contributed by atoms with Crippen LogP contribution in [0, 0.1) is 0 Å². The smallest absolute Gasteiger partial charge is 0.322 e. The molecule has 0 aromatic heterocycles. The number of hydrogen-bond donors (Lipinski definition) is 2. The van der Waals surface area contributed by atoms with Gasteiger partial charge in [0.2, 0.25) is 0 Å². The van der Waals surface area contributed by atoms with Crippen LogP contribution in [-0.2, 0) is 11.3 Å². The number of benzene rings is 1. The summed E-state index contributed by atoms with van der Waals surface area (Å²) in [5.41, 5.74) is 6.82. The van der Waals surface area contributed by atoms with E-state index >= 15 is 0 Å². The van der Waals surface area contributed by atoms with Crippen molar-refractivity contribution in [1.82, 2.24) is 9.80 Å². The molecule has 1 aliphatic heterocycles. The zero-order valence-electron chi connectivity index (χ0n) is 11.0. The van der Waals surface area contributed by atoms with E-state index in [9.17, 15) is 4.79 Å². The fourth-order valence-corrected chi connectivity index (χ4v) is 2.48. The lowest BCUT2D eigenvalue weighted by Gasteiger charge is -2.37. The molecule has 5 heteroatoms. The molecule has 1 unspecified atom stereocenters. The molecule has 1 aromatic rings. The fraction of sp³-hybridized carbons (Fsp3) is 0.500. The summed E-state index contributed by atoms with van der Waals surface area (Å²) in [6.07, 6.45) is 0. The number of hydrogen-bond acceptors (Lipinski definition) is 4. The van der Waals surface area contributed by atoms with Crippen molar-refractivity contribution in [3.05, 3.63) is 35.9 Å². The summed E-state index contributed by atoms with van der Waals surface area (Å²) < 4.78 is 0. The molecule has 0 radical (unpaired) electrons.